The third-order valence-corrected chi connectivity index (χ3v) is 2.89. The van der Waals surface area contributed by atoms with Gasteiger partial charge in [0.15, 0.2) is 0 Å². The SMILES string of the molecule is C1=Cc2c(ccc3c2NCCN3)N=NS1. The lowest BCUT2D eigenvalue weighted by atomic mass is 10.1. The van der Waals surface area contributed by atoms with Gasteiger partial charge in [-0.25, -0.2) is 0 Å². The summed E-state index contributed by atoms with van der Waals surface area (Å²) in [5, 5.41) is 12.9. The minimum atomic E-state index is 0.922. The van der Waals surface area contributed by atoms with Crippen molar-refractivity contribution in [3.05, 3.63) is 23.1 Å². The highest BCUT2D eigenvalue weighted by molar-refractivity contribution is 8.00. The Hall–Kier alpha value is -1.49. The third-order valence-electron chi connectivity index (χ3n) is 2.46. The predicted octanol–water partition coefficient (Wildman–Crippen LogP) is 3.24. The second kappa shape index (κ2) is 3.58. The van der Waals surface area contributed by atoms with Crippen molar-refractivity contribution < 1.29 is 0 Å². The maximum atomic E-state index is 4.15. The van der Waals surface area contributed by atoms with Crippen molar-refractivity contribution in [2.75, 3.05) is 23.7 Å². The second-order valence-electron chi connectivity index (χ2n) is 3.36. The molecule has 0 bridgehead atoms. The molecule has 5 heteroatoms. The minimum absolute atomic E-state index is 0.922. The molecule has 2 aliphatic rings. The number of anilines is 2. The zero-order valence-corrected chi connectivity index (χ0v) is 8.84. The Balaban J connectivity index is 2.21. The summed E-state index contributed by atoms with van der Waals surface area (Å²) in [6.07, 6.45) is 2.05. The van der Waals surface area contributed by atoms with Crippen molar-refractivity contribution in [2.45, 2.75) is 0 Å². The van der Waals surface area contributed by atoms with Crippen molar-refractivity contribution in [1.82, 2.24) is 0 Å². The summed E-state index contributed by atoms with van der Waals surface area (Å²) in [6.45, 7) is 1.91. The zero-order valence-electron chi connectivity index (χ0n) is 8.03. The van der Waals surface area contributed by atoms with Crippen molar-refractivity contribution in [3.8, 4) is 0 Å². The molecule has 0 spiro atoms. The molecule has 0 unspecified atom stereocenters. The van der Waals surface area contributed by atoms with E-state index in [1.54, 1.807) is 0 Å². The molecule has 2 heterocycles. The van der Waals surface area contributed by atoms with Crippen LogP contribution in [0.25, 0.3) is 6.08 Å². The van der Waals surface area contributed by atoms with E-state index in [0.717, 1.165) is 35.7 Å². The minimum Gasteiger partial charge on any atom is -0.382 e. The summed E-state index contributed by atoms with van der Waals surface area (Å²) < 4.78 is 3.97. The van der Waals surface area contributed by atoms with Crippen molar-refractivity contribution in [3.63, 3.8) is 0 Å². The lowest BCUT2D eigenvalue weighted by Gasteiger charge is -2.22. The molecule has 0 aromatic heterocycles. The molecule has 1 aromatic carbocycles. The summed E-state index contributed by atoms with van der Waals surface area (Å²) >= 11 is 1.35. The van der Waals surface area contributed by atoms with Crippen LogP contribution in [0.4, 0.5) is 17.1 Å². The Morgan fingerprint density at radius 2 is 2.13 bits per heavy atom. The van der Waals surface area contributed by atoms with Gasteiger partial charge in [0, 0.05) is 30.6 Å². The summed E-state index contributed by atoms with van der Waals surface area (Å²) in [5.41, 5.74) is 4.32. The maximum absolute atomic E-state index is 4.15. The molecule has 3 rings (SSSR count). The van der Waals surface area contributed by atoms with E-state index >= 15 is 0 Å². The van der Waals surface area contributed by atoms with E-state index in [2.05, 4.69) is 26.3 Å². The topological polar surface area (TPSA) is 48.8 Å². The highest BCUT2D eigenvalue weighted by Gasteiger charge is 2.14. The van der Waals surface area contributed by atoms with Gasteiger partial charge < -0.3 is 10.6 Å². The van der Waals surface area contributed by atoms with Crippen LogP contribution in [-0.2, 0) is 0 Å². The fourth-order valence-electron chi connectivity index (χ4n) is 1.78. The summed E-state index contributed by atoms with van der Waals surface area (Å²) in [7, 11) is 0. The van der Waals surface area contributed by atoms with Crippen LogP contribution in [-0.4, -0.2) is 13.1 Å². The first-order valence-electron chi connectivity index (χ1n) is 4.83. The Morgan fingerprint density at radius 3 is 3.13 bits per heavy atom. The van der Waals surface area contributed by atoms with E-state index in [1.807, 2.05) is 17.5 Å². The third kappa shape index (κ3) is 1.48. The number of benzene rings is 1. The van der Waals surface area contributed by atoms with E-state index in [0.29, 0.717) is 0 Å². The smallest absolute Gasteiger partial charge is 0.0958 e. The zero-order chi connectivity index (χ0) is 10.1. The van der Waals surface area contributed by atoms with E-state index in [4.69, 9.17) is 0 Å². The molecule has 0 saturated heterocycles. The van der Waals surface area contributed by atoms with Crippen LogP contribution in [0.3, 0.4) is 0 Å². The Labute approximate surface area is 92.0 Å². The number of hydrogen-bond donors (Lipinski definition) is 2. The fraction of sp³-hybridized carbons (Fsp3) is 0.200. The maximum Gasteiger partial charge on any atom is 0.0958 e. The largest absolute Gasteiger partial charge is 0.382 e. The monoisotopic (exact) mass is 218 g/mol. The van der Waals surface area contributed by atoms with Crippen LogP contribution in [0.5, 0.6) is 0 Å². The average Bonchev–Trinajstić information content (AvgIpc) is 2.54. The number of fused-ring (bicyclic) bond motifs is 3. The Morgan fingerprint density at radius 1 is 1.20 bits per heavy atom. The number of hydrogen-bond acceptors (Lipinski definition) is 5. The van der Waals surface area contributed by atoms with Gasteiger partial charge in [0.25, 0.3) is 0 Å². The molecular weight excluding hydrogens is 208 g/mol. The van der Waals surface area contributed by atoms with Crippen molar-refractivity contribution in [2.24, 2.45) is 9.63 Å². The highest BCUT2D eigenvalue weighted by atomic mass is 32.2. The quantitative estimate of drug-likeness (QED) is 0.657. The molecule has 2 N–H and O–H groups in total. The summed E-state index contributed by atoms with van der Waals surface area (Å²) in [4.78, 5) is 0. The highest BCUT2D eigenvalue weighted by Crippen LogP contribution is 2.38. The predicted molar refractivity (Wildman–Crippen MR) is 64.6 cm³/mol. The molecule has 0 amide bonds. The van der Waals surface area contributed by atoms with Crippen LogP contribution in [0.2, 0.25) is 0 Å². The van der Waals surface area contributed by atoms with Gasteiger partial charge in [-0.2, -0.15) is 0 Å². The molecule has 76 valence electrons. The Bertz CT molecular complexity index is 453. The molecule has 2 aliphatic heterocycles. The van der Waals surface area contributed by atoms with Gasteiger partial charge in [0.05, 0.1) is 17.1 Å². The first-order chi connectivity index (χ1) is 7.45. The number of nitrogens with zero attached hydrogens (tertiary/aromatic N) is 2. The first-order valence-corrected chi connectivity index (χ1v) is 5.67. The van der Waals surface area contributed by atoms with Gasteiger partial charge in [-0.15, -0.1) is 9.63 Å². The molecule has 0 atom stereocenters. The Kier molecular flexibility index (Phi) is 2.10. The molecule has 1 aromatic rings. The van der Waals surface area contributed by atoms with E-state index in [-0.39, 0.29) is 0 Å². The molecule has 0 fully saturated rings. The van der Waals surface area contributed by atoms with Gasteiger partial charge in [0.2, 0.25) is 0 Å². The second-order valence-corrected chi connectivity index (χ2v) is 4.01. The lowest BCUT2D eigenvalue weighted by molar-refractivity contribution is 1.04. The lowest BCUT2D eigenvalue weighted by Crippen LogP contribution is -2.21. The van der Waals surface area contributed by atoms with Gasteiger partial charge in [0.1, 0.15) is 0 Å². The van der Waals surface area contributed by atoms with Gasteiger partial charge in [-0.3, -0.25) is 0 Å². The molecular formula is C10H10N4S. The molecule has 4 nitrogen and oxygen atoms in total. The first kappa shape index (κ1) is 8.79. The van der Waals surface area contributed by atoms with Gasteiger partial charge >= 0.3 is 0 Å². The van der Waals surface area contributed by atoms with E-state index < -0.39 is 0 Å². The normalized spacial score (nSPS) is 17.1. The standard InChI is InChI=1S/C10H10N4S/c1-2-9-10(12-5-4-11-9)7-3-6-15-14-13-8(1)7/h1-3,6,11-12H,4-5H2. The van der Waals surface area contributed by atoms with Crippen LogP contribution in [0.1, 0.15) is 5.56 Å². The van der Waals surface area contributed by atoms with E-state index in [9.17, 15) is 0 Å². The van der Waals surface area contributed by atoms with Gasteiger partial charge in [-0.05, 0) is 23.6 Å². The van der Waals surface area contributed by atoms with Crippen molar-refractivity contribution >= 4 is 35.1 Å². The van der Waals surface area contributed by atoms with Crippen LogP contribution >= 0.6 is 11.9 Å². The van der Waals surface area contributed by atoms with Crippen molar-refractivity contribution in [1.29, 1.82) is 0 Å². The average molecular weight is 218 g/mol. The van der Waals surface area contributed by atoms with Crippen LogP contribution in [0, 0.1) is 0 Å². The summed E-state index contributed by atoms with van der Waals surface area (Å²) in [5.74, 6) is 0. The number of rotatable bonds is 0. The molecule has 0 radical (unpaired) electrons. The van der Waals surface area contributed by atoms with Gasteiger partial charge in [-0.1, -0.05) is 0 Å². The molecule has 0 aliphatic carbocycles. The van der Waals surface area contributed by atoms with Crippen LogP contribution < -0.4 is 10.6 Å². The molecule has 15 heavy (non-hydrogen) atoms. The molecule has 0 saturated carbocycles. The fourth-order valence-corrected chi connectivity index (χ4v) is 2.17. The van der Waals surface area contributed by atoms with Crippen LogP contribution in [0.15, 0.2) is 27.2 Å². The summed E-state index contributed by atoms with van der Waals surface area (Å²) in [6, 6.07) is 4.04. The van der Waals surface area contributed by atoms with E-state index in [1.165, 1.54) is 11.9 Å². The number of nitrogens with one attached hydrogen (secondary N) is 2.